The molecule has 0 rings (SSSR count). The summed E-state index contributed by atoms with van der Waals surface area (Å²) < 4.78 is 0. The predicted octanol–water partition coefficient (Wildman–Crippen LogP) is -0.293. The number of hydrogen-bond acceptors (Lipinski definition) is 3. The Bertz CT molecular complexity index is 82.4. The van der Waals surface area contributed by atoms with E-state index >= 15 is 0 Å². The maximum atomic E-state index is 9.76. The van der Waals surface area contributed by atoms with Gasteiger partial charge in [0.25, 0.3) is 0 Å². The zero-order valence-corrected chi connectivity index (χ0v) is 5.45. The van der Waals surface area contributed by atoms with Crippen molar-refractivity contribution < 1.29 is 15.0 Å². The Kier molecular flexibility index (Phi) is 4.26. The molecule has 0 fully saturated rings. The van der Waals surface area contributed by atoms with Crippen molar-refractivity contribution in [2.75, 3.05) is 0 Å². The van der Waals surface area contributed by atoms with E-state index in [-0.39, 0.29) is 6.42 Å². The van der Waals surface area contributed by atoms with Gasteiger partial charge in [-0.3, -0.25) is 0 Å². The monoisotopic (exact) mass is 132 g/mol. The molecule has 0 aromatic heterocycles. The minimum Gasteiger partial charge on any atom is -0.390 e. The molecule has 3 heteroatoms. The van der Waals surface area contributed by atoms with Crippen LogP contribution in [0.15, 0.2) is 0 Å². The molecule has 0 saturated heterocycles. The summed E-state index contributed by atoms with van der Waals surface area (Å²) in [6.07, 6.45) is -0.532. The first kappa shape index (κ1) is 8.59. The first-order chi connectivity index (χ1) is 4.22. The van der Waals surface area contributed by atoms with Gasteiger partial charge in [-0.15, -0.1) is 0 Å². The summed E-state index contributed by atoms with van der Waals surface area (Å²) in [5.41, 5.74) is 0. The van der Waals surface area contributed by atoms with Crippen molar-refractivity contribution in [3.05, 3.63) is 0 Å². The van der Waals surface area contributed by atoms with Gasteiger partial charge in [0, 0.05) is 6.42 Å². The Balaban J connectivity index is 3.44. The molecular formula is C6H12O3. The molecule has 9 heavy (non-hydrogen) atoms. The third-order valence-corrected chi connectivity index (χ3v) is 1.20. The van der Waals surface area contributed by atoms with Gasteiger partial charge in [-0.05, 0) is 6.42 Å². The third-order valence-electron chi connectivity index (χ3n) is 1.20. The highest BCUT2D eigenvalue weighted by atomic mass is 16.3. The fourth-order valence-corrected chi connectivity index (χ4v) is 0.528. The molecule has 0 amide bonds. The zero-order valence-electron chi connectivity index (χ0n) is 5.45. The SMILES string of the molecule is CC[C@H](O)[C@H](O)CC=O. The first-order valence-electron chi connectivity index (χ1n) is 3.02. The van der Waals surface area contributed by atoms with Gasteiger partial charge >= 0.3 is 0 Å². The lowest BCUT2D eigenvalue weighted by Crippen LogP contribution is -2.24. The second-order valence-corrected chi connectivity index (χ2v) is 1.95. The van der Waals surface area contributed by atoms with Gasteiger partial charge in [-0.25, -0.2) is 0 Å². The molecule has 2 atom stereocenters. The molecule has 0 spiro atoms. The molecule has 0 aliphatic rings. The minimum absolute atomic E-state index is 0.0228. The molecule has 0 radical (unpaired) electrons. The summed E-state index contributed by atoms with van der Waals surface area (Å²) in [5, 5.41) is 17.7. The van der Waals surface area contributed by atoms with Gasteiger partial charge in [0.15, 0.2) is 0 Å². The fraction of sp³-hybridized carbons (Fsp3) is 0.833. The average molecular weight is 132 g/mol. The zero-order chi connectivity index (χ0) is 7.28. The molecule has 54 valence electrons. The topological polar surface area (TPSA) is 57.5 Å². The summed E-state index contributed by atoms with van der Waals surface area (Å²) in [4.78, 5) is 9.76. The lowest BCUT2D eigenvalue weighted by atomic mass is 10.1. The number of carbonyl (C=O) groups excluding carboxylic acids is 1. The first-order valence-corrected chi connectivity index (χ1v) is 3.02. The summed E-state index contributed by atoms with van der Waals surface area (Å²) in [6.45, 7) is 1.75. The van der Waals surface area contributed by atoms with Crippen LogP contribution < -0.4 is 0 Å². The smallest absolute Gasteiger partial charge is 0.122 e. The van der Waals surface area contributed by atoms with Crippen molar-refractivity contribution in [3.8, 4) is 0 Å². The quantitative estimate of drug-likeness (QED) is 0.517. The van der Waals surface area contributed by atoms with E-state index in [2.05, 4.69) is 0 Å². The molecule has 0 heterocycles. The number of aldehydes is 1. The summed E-state index contributed by atoms with van der Waals surface area (Å²) in [5.74, 6) is 0. The molecule has 0 bridgehead atoms. The van der Waals surface area contributed by atoms with Crippen molar-refractivity contribution in [2.24, 2.45) is 0 Å². The van der Waals surface area contributed by atoms with E-state index in [1.54, 1.807) is 6.92 Å². The molecule has 0 aliphatic heterocycles. The molecular weight excluding hydrogens is 120 g/mol. The minimum atomic E-state index is -0.882. The van der Waals surface area contributed by atoms with Crippen LogP contribution in [0.4, 0.5) is 0 Å². The highest BCUT2D eigenvalue weighted by Gasteiger charge is 2.11. The summed E-state index contributed by atoms with van der Waals surface area (Å²) >= 11 is 0. The maximum Gasteiger partial charge on any atom is 0.122 e. The second-order valence-electron chi connectivity index (χ2n) is 1.95. The van der Waals surface area contributed by atoms with Gasteiger partial charge in [0.1, 0.15) is 6.29 Å². The summed E-state index contributed by atoms with van der Waals surface area (Å²) in [6, 6.07) is 0. The van der Waals surface area contributed by atoms with Gasteiger partial charge in [-0.1, -0.05) is 6.92 Å². The molecule has 0 aromatic carbocycles. The van der Waals surface area contributed by atoms with Crippen LogP contribution in [0.2, 0.25) is 0 Å². The number of hydrogen-bond donors (Lipinski definition) is 2. The van der Waals surface area contributed by atoms with E-state index in [1.165, 1.54) is 0 Å². The van der Waals surface area contributed by atoms with Gasteiger partial charge in [0.05, 0.1) is 12.2 Å². The lowest BCUT2D eigenvalue weighted by Gasteiger charge is -2.11. The standard InChI is InChI=1S/C6H12O3/c1-2-5(8)6(9)3-4-7/h4-6,8-9H,2-3H2,1H3/t5-,6+/m0/s1. The Morgan fingerprint density at radius 1 is 1.44 bits per heavy atom. The van der Waals surface area contributed by atoms with Crippen LogP contribution in [0.1, 0.15) is 19.8 Å². The highest BCUT2D eigenvalue weighted by Crippen LogP contribution is 1.99. The van der Waals surface area contributed by atoms with Crippen molar-refractivity contribution in [1.82, 2.24) is 0 Å². The van der Waals surface area contributed by atoms with Crippen LogP contribution in [0.25, 0.3) is 0 Å². The van der Waals surface area contributed by atoms with Crippen molar-refractivity contribution in [1.29, 1.82) is 0 Å². The summed E-state index contributed by atoms with van der Waals surface area (Å²) in [7, 11) is 0. The second kappa shape index (κ2) is 4.47. The molecule has 3 nitrogen and oxygen atoms in total. The number of aliphatic hydroxyl groups excluding tert-OH is 2. The number of carbonyl (C=O) groups is 1. The molecule has 0 unspecified atom stereocenters. The average Bonchev–Trinajstić information content (AvgIpc) is 1.87. The van der Waals surface area contributed by atoms with E-state index in [0.717, 1.165) is 0 Å². The molecule has 0 aromatic rings. The number of rotatable bonds is 4. The van der Waals surface area contributed by atoms with Gasteiger partial charge in [-0.2, -0.15) is 0 Å². The van der Waals surface area contributed by atoms with Crippen molar-refractivity contribution in [2.45, 2.75) is 32.0 Å². The Labute approximate surface area is 54.3 Å². The van der Waals surface area contributed by atoms with E-state index in [1.807, 2.05) is 0 Å². The van der Waals surface area contributed by atoms with Crippen LogP contribution in [0.3, 0.4) is 0 Å². The van der Waals surface area contributed by atoms with Gasteiger partial charge < -0.3 is 15.0 Å². The van der Waals surface area contributed by atoms with E-state index in [4.69, 9.17) is 10.2 Å². The van der Waals surface area contributed by atoms with Crippen LogP contribution in [0.5, 0.6) is 0 Å². The Morgan fingerprint density at radius 3 is 2.33 bits per heavy atom. The fourth-order valence-electron chi connectivity index (χ4n) is 0.528. The Hall–Kier alpha value is -0.410. The largest absolute Gasteiger partial charge is 0.390 e. The van der Waals surface area contributed by atoms with Crippen LogP contribution in [-0.2, 0) is 4.79 Å². The van der Waals surface area contributed by atoms with E-state index in [0.29, 0.717) is 12.7 Å². The normalized spacial score (nSPS) is 16.8. The van der Waals surface area contributed by atoms with Crippen LogP contribution in [0, 0.1) is 0 Å². The van der Waals surface area contributed by atoms with E-state index in [9.17, 15) is 4.79 Å². The maximum absolute atomic E-state index is 9.76. The molecule has 0 saturated carbocycles. The molecule has 0 aliphatic carbocycles. The van der Waals surface area contributed by atoms with Crippen LogP contribution >= 0.6 is 0 Å². The number of aliphatic hydroxyl groups is 2. The van der Waals surface area contributed by atoms with Gasteiger partial charge in [0.2, 0.25) is 0 Å². The Morgan fingerprint density at radius 2 is 2.00 bits per heavy atom. The highest BCUT2D eigenvalue weighted by molar-refractivity contribution is 5.50. The van der Waals surface area contributed by atoms with Crippen molar-refractivity contribution in [3.63, 3.8) is 0 Å². The third kappa shape index (κ3) is 3.21. The molecule has 2 N–H and O–H groups in total. The predicted molar refractivity (Wildman–Crippen MR) is 33.0 cm³/mol. The van der Waals surface area contributed by atoms with Crippen molar-refractivity contribution >= 4 is 6.29 Å². The lowest BCUT2D eigenvalue weighted by molar-refractivity contribution is -0.111. The van der Waals surface area contributed by atoms with E-state index < -0.39 is 12.2 Å². The van der Waals surface area contributed by atoms with Crippen LogP contribution in [-0.4, -0.2) is 28.7 Å².